The van der Waals surface area contributed by atoms with Gasteiger partial charge in [-0.2, -0.15) is 0 Å². The van der Waals surface area contributed by atoms with Crippen molar-refractivity contribution in [2.45, 2.75) is 26.4 Å². The molecule has 46 heavy (non-hydrogen) atoms. The molecule has 2 aromatic carbocycles. The van der Waals surface area contributed by atoms with E-state index < -0.39 is 12.9 Å². The largest absolute Gasteiger partial charge is 0.673 e. The van der Waals surface area contributed by atoms with Crippen molar-refractivity contribution in [3.63, 3.8) is 0 Å². The third-order valence-corrected chi connectivity index (χ3v) is 6.75. The highest BCUT2D eigenvalue weighted by atomic mass is 19.5. The third-order valence-electron chi connectivity index (χ3n) is 6.75. The summed E-state index contributed by atoms with van der Waals surface area (Å²) in [5, 5.41) is 0. The molecule has 5 nitrogen and oxygen atoms in total. The highest BCUT2D eigenvalue weighted by molar-refractivity contribution is 6.50. The molecule has 0 spiro atoms. The van der Waals surface area contributed by atoms with Crippen LogP contribution in [0.4, 0.5) is 30.8 Å². The smallest absolute Gasteiger partial charge is 0.457 e. The van der Waals surface area contributed by atoms with Gasteiger partial charge in [-0.1, -0.05) is 18.2 Å². The number of hydrogen-bond acceptors (Lipinski definition) is 3. The number of rotatable bonds is 3. The zero-order valence-corrected chi connectivity index (χ0v) is 25.5. The van der Waals surface area contributed by atoms with Crippen LogP contribution in [0, 0.1) is 11.6 Å². The Balaban J connectivity index is 0.000000892. The standard InChI is InChI=1S/C34H33F2N2O3.BF4/c1-34(2,3)41-33(39)38-20-18-37(19-21-38)30-15-4-24(5-16-30)6-17-31-22-27(25-7-11-28(35)12-8-25)23-32(40-31)26-9-13-29(36)14-10-26;2-1(3,4)5/h4-17,22-23H,18-21H2,1-3H3;/q+1;-1. The SMILES string of the molecule is CC(C)(C)OC(=O)N1CC[N+](=C2C=CC(=CC=C3C=C(c4ccc(F)cc4)C=C(c4ccc(F)cc4)O3)C=C2)CC1.F[B-](F)(F)F. The Morgan fingerprint density at radius 1 is 0.826 bits per heavy atom. The monoisotopic (exact) mass is 642 g/mol. The van der Waals surface area contributed by atoms with Gasteiger partial charge in [0, 0.05) is 17.7 Å². The van der Waals surface area contributed by atoms with Crippen LogP contribution in [0.2, 0.25) is 0 Å². The maximum atomic E-state index is 13.5. The van der Waals surface area contributed by atoms with Gasteiger partial charge in [0.1, 0.15) is 28.8 Å². The van der Waals surface area contributed by atoms with Crippen molar-refractivity contribution in [1.29, 1.82) is 0 Å². The second kappa shape index (κ2) is 14.6. The van der Waals surface area contributed by atoms with Crippen LogP contribution in [-0.4, -0.2) is 60.3 Å². The number of halogens is 6. The third kappa shape index (κ3) is 10.7. The van der Waals surface area contributed by atoms with Gasteiger partial charge < -0.3 is 26.7 Å². The van der Waals surface area contributed by atoms with E-state index in [1.807, 2.05) is 57.2 Å². The fourth-order valence-electron chi connectivity index (χ4n) is 4.62. The quantitative estimate of drug-likeness (QED) is 0.192. The van der Waals surface area contributed by atoms with Crippen molar-refractivity contribution in [2.24, 2.45) is 0 Å². The average Bonchev–Trinajstić information content (AvgIpc) is 2.99. The molecule has 0 unspecified atom stereocenters. The van der Waals surface area contributed by atoms with Crippen LogP contribution in [0.1, 0.15) is 31.9 Å². The summed E-state index contributed by atoms with van der Waals surface area (Å²) in [6, 6.07) is 12.4. The lowest BCUT2D eigenvalue weighted by Crippen LogP contribution is -2.48. The fraction of sp³-hybridized carbons (Fsp3) is 0.235. The summed E-state index contributed by atoms with van der Waals surface area (Å²) < 4.78 is 80.0. The number of carbonyl (C=O) groups excluding carboxylic acids is 1. The molecule has 3 aliphatic rings. The van der Waals surface area contributed by atoms with Crippen LogP contribution in [0.15, 0.2) is 108 Å². The minimum absolute atomic E-state index is 0.269. The van der Waals surface area contributed by atoms with E-state index >= 15 is 0 Å². The second-order valence-electron chi connectivity index (χ2n) is 11.5. The van der Waals surface area contributed by atoms with E-state index in [4.69, 9.17) is 9.47 Å². The van der Waals surface area contributed by atoms with Gasteiger partial charge in [-0.15, -0.1) is 0 Å². The van der Waals surface area contributed by atoms with Crippen molar-refractivity contribution >= 4 is 30.4 Å². The van der Waals surface area contributed by atoms with Gasteiger partial charge in [0.25, 0.3) is 0 Å². The summed E-state index contributed by atoms with van der Waals surface area (Å²) in [6.45, 7) is 8.30. The van der Waals surface area contributed by atoms with Crippen LogP contribution in [0.5, 0.6) is 0 Å². The Morgan fingerprint density at radius 2 is 1.35 bits per heavy atom. The molecule has 2 aliphatic heterocycles. The molecule has 0 aromatic heterocycles. The number of piperazine rings is 1. The van der Waals surface area contributed by atoms with Gasteiger partial charge in [-0.05, 0) is 104 Å². The lowest BCUT2D eigenvalue weighted by molar-refractivity contribution is -0.536. The zero-order valence-electron chi connectivity index (χ0n) is 25.5. The first-order valence-corrected chi connectivity index (χ1v) is 14.5. The molecular weight excluding hydrogens is 609 g/mol. The zero-order chi connectivity index (χ0) is 33.5. The number of ether oxygens (including phenoxy) is 2. The Hall–Kier alpha value is -4.74. The predicted octanol–water partition coefficient (Wildman–Crippen LogP) is 8.36. The summed E-state index contributed by atoms with van der Waals surface area (Å²) in [7, 11) is -6.00. The first-order valence-electron chi connectivity index (χ1n) is 14.5. The van der Waals surface area contributed by atoms with Crippen LogP contribution >= 0.6 is 0 Å². The number of carbonyl (C=O) groups is 1. The van der Waals surface area contributed by atoms with Gasteiger partial charge in [-0.25, -0.2) is 18.2 Å². The molecule has 0 N–H and O–H groups in total. The molecule has 1 fully saturated rings. The van der Waals surface area contributed by atoms with E-state index in [0.717, 1.165) is 41.1 Å². The molecule has 0 atom stereocenters. The molecular formula is C34H33BF6N2O3. The molecule has 12 heteroatoms. The van der Waals surface area contributed by atoms with Gasteiger partial charge in [0.05, 0.1) is 13.1 Å². The highest BCUT2D eigenvalue weighted by Gasteiger charge is 2.28. The van der Waals surface area contributed by atoms with Gasteiger partial charge >= 0.3 is 13.3 Å². The fourth-order valence-corrected chi connectivity index (χ4v) is 4.62. The molecule has 5 rings (SSSR count). The lowest BCUT2D eigenvalue weighted by atomic mass is 10.00. The molecule has 1 saturated heterocycles. The summed E-state index contributed by atoms with van der Waals surface area (Å²) in [5.41, 5.74) is 4.02. The first-order chi connectivity index (χ1) is 21.6. The van der Waals surface area contributed by atoms with Crippen LogP contribution < -0.4 is 0 Å². The molecule has 242 valence electrons. The van der Waals surface area contributed by atoms with E-state index in [1.165, 1.54) is 24.3 Å². The minimum atomic E-state index is -6.00. The summed E-state index contributed by atoms with van der Waals surface area (Å²) in [5.74, 6) is 0.555. The van der Waals surface area contributed by atoms with Gasteiger partial charge in [0.2, 0.25) is 0 Å². The molecule has 2 aromatic rings. The number of amides is 1. The second-order valence-corrected chi connectivity index (χ2v) is 11.5. The lowest BCUT2D eigenvalue weighted by Gasteiger charge is -2.29. The first kappa shape index (κ1) is 34.1. The summed E-state index contributed by atoms with van der Waals surface area (Å²) >= 11 is 0. The van der Waals surface area contributed by atoms with Crippen molar-refractivity contribution in [3.05, 3.63) is 131 Å². The maximum Gasteiger partial charge on any atom is 0.673 e. The van der Waals surface area contributed by atoms with Gasteiger partial charge in [0.15, 0.2) is 18.8 Å². The molecule has 0 saturated carbocycles. The highest BCUT2D eigenvalue weighted by Crippen LogP contribution is 2.32. The van der Waals surface area contributed by atoms with Gasteiger partial charge in [-0.3, -0.25) is 4.90 Å². The molecule has 1 amide bonds. The summed E-state index contributed by atoms with van der Waals surface area (Å²) in [4.78, 5) is 14.1. The number of nitrogens with zero attached hydrogens (tertiary/aromatic N) is 2. The van der Waals surface area contributed by atoms with Crippen LogP contribution in [0.25, 0.3) is 11.3 Å². The average molecular weight is 642 g/mol. The van der Waals surface area contributed by atoms with Crippen molar-refractivity contribution < 1.29 is 44.9 Å². The Morgan fingerprint density at radius 3 is 1.87 bits per heavy atom. The number of benzene rings is 2. The van der Waals surface area contributed by atoms with Crippen molar-refractivity contribution in [1.82, 2.24) is 4.90 Å². The maximum absolute atomic E-state index is 13.5. The van der Waals surface area contributed by atoms with E-state index in [9.17, 15) is 30.8 Å². The molecule has 2 heterocycles. The Bertz CT molecular complexity index is 1610. The van der Waals surface area contributed by atoms with Crippen molar-refractivity contribution in [3.8, 4) is 0 Å². The number of hydrogen-bond donors (Lipinski definition) is 0. The van der Waals surface area contributed by atoms with E-state index in [1.54, 1.807) is 29.2 Å². The van der Waals surface area contributed by atoms with Crippen molar-refractivity contribution in [2.75, 3.05) is 26.2 Å². The Kier molecular flexibility index (Phi) is 10.8. The molecule has 0 bridgehead atoms. The Labute approximate surface area is 263 Å². The predicted molar refractivity (Wildman–Crippen MR) is 167 cm³/mol. The van der Waals surface area contributed by atoms with E-state index in [2.05, 4.69) is 16.7 Å². The van der Waals surface area contributed by atoms with Crippen LogP contribution in [0.3, 0.4) is 0 Å². The molecule has 0 radical (unpaired) electrons. The normalized spacial score (nSPS) is 17.5. The minimum Gasteiger partial charge on any atom is -0.457 e. The molecule has 1 aliphatic carbocycles. The van der Waals surface area contributed by atoms with Crippen LogP contribution in [-0.2, 0) is 9.47 Å². The number of allylic oxidation sites excluding steroid dienone is 10. The topological polar surface area (TPSA) is 41.8 Å². The summed E-state index contributed by atoms with van der Waals surface area (Å²) in [6.07, 6.45) is 15.6. The van der Waals surface area contributed by atoms with E-state index in [-0.39, 0.29) is 17.7 Å². The van der Waals surface area contributed by atoms with E-state index in [0.29, 0.717) is 24.6 Å².